The standard InChI is InChI=1S/C16H24N2O2/c1-12(2)20-15-6-4-3-5-14(15)11-18-16(19)13-7-9-17-10-8-13/h3-6,12-13,17H,7-11H2,1-2H3,(H,18,19). The number of nitrogens with one attached hydrogen (secondary N) is 2. The number of carbonyl (C=O) groups is 1. The van der Waals surface area contributed by atoms with Crippen LogP contribution in [-0.4, -0.2) is 25.1 Å². The second kappa shape index (κ2) is 7.29. The van der Waals surface area contributed by atoms with Crippen molar-refractivity contribution in [2.24, 2.45) is 5.92 Å². The monoisotopic (exact) mass is 276 g/mol. The lowest BCUT2D eigenvalue weighted by molar-refractivity contribution is -0.125. The van der Waals surface area contributed by atoms with Gasteiger partial charge in [0.25, 0.3) is 0 Å². The molecule has 1 aliphatic heterocycles. The summed E-state index contributed by atoms with van der Waals surface area (Å²) in [4.78, 5) is 12.1. The van der Waals surface area contributed by atoms with Crippen LogP contribution in [0.2, 0.25) is 0 Å². The van der Waals surface area contributed by atoms with Crippen molar-refractivity contribution < 1.29 is 9.53 Å². The number of amides is 1. The number of piperidine rings is 1. The highest BCUT2D eigenvalue weighted by Crippen LogP contribution is 2.19. The molecule has 1 aliphatic rings. The van der Waals surface area contributed by atoms with Crippen LogP contribution in [0.3, 0.4) is 0 Å². The zero-order valence-electron chi connectivity index (χ0n) is 12.3. The third-order valence-electron chi connectivity index (χ3n) is 3.50. The van der Waals surface area contributed by atoms with Crippen LogP contribution in [0.4, 0.5) is 0 Å². The van der Waals surface area contributed by atoms with Crippen molar-refractivity contribution in [2.45, 2.75) is 39.3 Å². The summed E-state index contributed by atoms with van der Waals surface area (Å²) in [5, 5.41) is 6.31. The number of hydrogen-bond acceptors (Lipinski definition) is 3. The Balaban J connectivity index is 1.91. The highest BCUT2D eigenvalue weighted by atomic mass is 16.5. The molecule has 110 valence electrons. The fourth-order valence-electron chi connectivity index (χ4n) is 2.43. The van der Waals surface area contributed by atoms with Crippen molar-refractivity contribution in [1.82, 2.24) is 10.6 Å². The highest BCUT2D eigenvalue weighted by molar-refractivity contribution is 5.78. The summed E-state index contributed by atoms with van der Waals surface area (Å²) in [5.74, 6) is 1.16. The van der Waals surface area contributed by atoms with E-state index in [4.69, 9.17) is 4.74 Å². The Morgan fingerprint density at radius 3 is 2.75 bits per heavy atom. The van der Waals surface area contributed by atoms with Crippen LogP contribution in [-0.2, 0) is 11.3 Å². The van der Waals surface area contributed by atoms with Gasteiger partial charge in [-0.3, -0.25) is 4.79 Å². The molecule has 1 fully saturated rings. The van der Waals surface area contributed by atoms with E-state index in [1.165, 1.54) is 0 Å². The first kappa shape index (κ1) is 14.9. The van der Waals surface area contributed by atoms with E-state index in [2.05, 4.69) is 10.6 Å². The molecule has 0 aromatic heterocycles. The Morgan fingerprint density at radius 1 is 1.35 bits per heavy atom. The molecule has 1 heterocycles. The minimum atomic E-state index is 0.135. The van der Waals surface area contributed by atoms with Gasteiger partial charge in [-0.15, -0.1) is 0 Å². The van der Waals surface area contributed by atoms with Gasteiger partial charge >= 0.3 is 0 Å². The summed E-state index contributed by atoms with van der Waals surface area (Å²) >= 11 is 0. The molecule has 2 N–H and O–H groups in total. The summed E-state index contributed by atoms with van der Waals surface area (Å²) < 4.78 is 5.76. The molecule has 4 heteroatoms. The van der Waals surface area contributed by atoms with E-state index >= 15 is 0 Å². The molecule has 0 radical (unpaired) electrons. The number of benzene rings is 1. The minimum absolute atomic E-state index is 0.135. The predicted molar refractivity (Wildman–Crippen MR) is 79.6 cm³/mol. The molecular weight excluding hydrogens is 252 g/mol. The lowest BCUT2D eigenvalue weighted by atomic mass is 9.97. The largest absolute Gasteiger partial charge is 0.491 e. The molecule has 20 heavy (non-hydrogen) atoms. The topological polar surface area (TPSA) is 50.4 Å². The van der Waals surface area contributed by atoms with E-state index in [0.29, 0.717) is 6.54 Å². The van der Waals surface area contributed by atoms with Crippen molar-refractivity contribution >= 4 is 5.91 Å². The van der Waals surface area contributed by atoms with Crippen LogP contribution in [0.1, 0.15) is 32.3 Å². The van der Waals surface area contributed by atoms with Gasteiger partial charge < -0.3 is 15.4 Å². The van der Waals surface area contributed by atoms with Gasteiger partial charge in [0, 0.05) is 18.0 Å². The number of carbonyl (C=O) groups excluding carboxylic acids is 1. The van der Waals surface area contributed by atoms with Crippen molar-refractivity contribution in [1.29, 1.82) is 0 Å². The molecule has 2 rings (SSSR count). The third kappa shape index (κ3) is 4.23. The Morgan fingerprint density at radius 2 is 2.05 bits per heavy atom. The molecule has 1 aromatic rings. The summed E-state index contributed by atoms with van der Waals surface area (Å²) in [7, 11) is 0. The quantitative estimate of drug-likeness (QED) is 0.866. The first-order valence-corrected chi connectivity index (χ1v) is 7.40. The average molecular weight is 276 g/mol. The zero-order valence-corrected chi connectivity index (χ0v) is 12.3. The minimum Gasteiger partial charge on any atom is -0.491 e. The van der Waals surface area contributed by atoms with Gasteiger partial charge in [0.1, 0.15) is 5.75 Å². The molecule has 0 spiro atoms. The molecule has 1 saturated heterocycles. The summed E-state index contributed by atoms with van der Waals surface area (Å²) in [6.45, 7) is 6.41. The maximum absolute atomic E-state index is 12.1. The second-order valence-electron chi connectivity index (χ2n) is 5.52. The van der Waals surface area contributed by atoms with Crippen LogP contribution in [0.5, 0.6) is 5.75 Å². The van der Waals surface area contributed by atoms with Crippen molar-refractivity contribution in [3.05, 3.63) is 29.8 Å². The lowest BCUT2D eigenvalue weighted by Crippen LogP contribution is -2.37. The molecule has 1 amide bonds. The molecule has 0 saturated carbocycles. The fraction of sp³-hybridized carbons (Fsp3) is 0.562. The Labute approximate surface area is 120 Å². The van der Waals surface area contributed by atoms with Crippen molar-refractivity contribution in [2.75, 3.05) is 13.1 Å². The maximum atomic E-state index is 12.1. The molecule has 1 aromatic carbocycles. The van der Waals surface area contributed by atoms with E-state index in [0.717, 1.165) is 37.2 Å². The molecule has 4 nitrogen and oxygen atoms in total. The lowest BCUT2D eigenvalue weighted by Gasteiger charge is -2.22. The molecule has 0 bridgehead atoms. The normalized spacial score (nSPS) is 16.1. The maximum Gasteiger partial charge on any atom is 0.223 e. The number of rotatable bonds is 5. The molecular formula is C16H24N2O2. The van der Waals surface area contributed by atoms with E-state index in [1.807, 2.05) is 38.1 Å². The van der Waals surface area contributed by atoms with Crippen LogP contribution in [0.25, 0.3) is 0 Å². The van der Waals surface area contributed by atoms with E-state index in [9.17, 15) is 4.79 Å². The summed E-state index contributed by atoms with van der Waals surface area (Å²) in [5.41, 5.74) is 1.03. The van der Waals surface area contributed by atoms with Gasteiger partial charge in [0.05, 0.1) is 6.10 Å². The van der Waals surface area contributed by atoms with E-state index in [-0.39, 0.29) is 17.9 Å². The van der Waals surface area contributed by atoms with E-state index in [1.54, 1.807) is 0 Å². The first-order chi connectivity index (χ1) is 9.66. The predicted octanol–water partition coefficient (Wildman–Crippen LogP) is 2.09. The van der Waals surface area contributed by atoms with Crippen molar-refractivity contribution in [3.63, 3.8) is 0 Å². The molecule has 0 aliphatic carbocycles. The Hall–Kier alpha value is -1.55. The second-order valence-corrected chi connectivity index (χ2v) is 5.52. The van der Waals surface area contributed by atoms with E-state index < -0.39 is 0 Å². The SMILES string of the molecule is CC(C)Oc1ccccc1CNC(=O)C1CCNCC1. The van der Waals surface area contributed by atoms with Gasteiger partial charge in [-0.05, 0) is 45.8 Å². The van der Waals surface area contributed by atoms with Crippen LogP contribution < -0.4 is 15.4 Å². The number of ether oxygens (including phenoxy) is 1. The fourth-order valence-corrected chi connectivity index (χ4v) is 2.43. The van der Waals surface area contributed by atoms with Gasteiger partial charge in [-0.2, -0.15) is 0 Å². The van der Waals surface area contributed by atoms with Crippen LogP contribution in [0.15, 0.2) is 24.3 Å². The molecule has 0 unspecified atom stereocenters. The zero-order chi connectivity index (χ0) is 14.4. The van der Waals surface area contributed by atoms with Crippen LogP contribution in [0, 0.1) is 5.92 Å². The van der Waals surface area contributed by atoms with Crippen LogP contribution >= 0.6 is 0 Å². The number of para-hydroxylation sites is 1. The highest BCUT2D eigenvalue weighted by Gasteiger charge is 2.20. The van der Waals surface area contributed by atoms with Crippen molar-refractivity contribution in [3.8, 4) is 5.75 Å². The Kier molecular flexibility index (Phi) is 5.41. The number of hydrogen-bond donors (Lipinski definition) is 2. The average Bonchev–Trinajstić information content (AvgIpc) is 2.46. The summed E-state index contributed by atoms with van der Waals surface area (Å²) in [6, 6.07) is 7.88. The van der Waals surface area contributed by atoms with Gasteiger partial charge in [-0.1, -0.05) is 18.2 Å². The van der Waals surface area contributed by atoms with Gasteiger partial charge in [0.15, 0.2) is 0 Å². The van der Waals surface area contributed by atoms with Gasteiger partial charge in [-0.25, -0.2) is 0 Å². The smallest absolute Gasteiger partial charge is 0.223 e. The van der Waals surface area contributed by atoms with Gasteiger partial charge in [0.2, 0.25) is 5.91 Å². The summed E-state index contributed by atoms with van der Waals surface area (Å²) in [6.07, 6.45) is 1.99. The Bertz CT molecular complexity index is 440. The third-order valence-corrected chi connectivity index (χ3v) is 3.50. The first-order valence-electron chi connectivity index (χ1n) is 7.40. The molecule has 0 atom stereocenters.